The van der Waals surface area contributed by atoms with Crippen molar-refractivity contribution in [1.82, 2.24) is 0 Å². The lowest BCUT2D eigenvalue weighted by molar-refractivity contribution is -0.137. The molecule has 1 aliphatic rings. The van der Waals surface area contributed by atoms with E-state index in [1.54, 1.807) is 0 Å². The maximum absolute atomic E-state index is 12.5. The summed E-state index contributed by atoms with van der Waals surface area (Å²) >= 11 is 0. The van der Waals surface area contributed by atoms with Crippen LogP contribution in [0.3, 0.4) is 0 Å². The van der Waals surface area contributed by atoms with Crippen LogP contribution in [0.4, 0.5) is 18.9 Å². The first-order valence-electron chi connectivity index (χ1n) is 5.05. The largest absolute Gasteiger partial charge is 0.416 e. The predicted molar refractivity (Wildman–Crippen MR) is 54.2 cm³/mol. The first-order valence-corrected chi connectivity index (χ1v) is 5.05. The fourth-order valence-electron chi connectivity index (χ4n) is 1.88. The molecular weight excluding hydrogens is 219 g/mol. The van der Waals surface area contributed by atoms with E-state index >= 15 is 0 Å². The molecule has 1 aromatic rings. The van der Waals surface area contributed by atoms with Crippen molar-refractivity contribution in [1.29, 1.82) is 0 Å². The zero-order chi connectivity index (χ0) is 11.8. The van der Waals surface area contributed by atoms with Crippen molar-refractivity contribution in [2.45, 2.75) is 12.6 Å². The van der Waals surface area contributed by atoms with Gasteiger partial charge in [0.1, 0.15) is 0 Å². The van der Waals surface area contributed by atoms with E-state index in [1.165, 1.54) is 6.07 Å². The lowest BCUT2D eigenvalue weighted by Crippen LogP contribution is -2.26. The third kappa shape index (κ3) is 2.14. The van der Waals surface area contributed by atoms with Gasteiger partial charge in [-0.25, -0.2) is 0 Å². The molecule has 2 nitrogen and oxygen atoms in total. The van der Waals surface area contributed by atoms with E-state index in [0.29, 0.717) is 18.5 Å². The van der Waals surface area contributed by atoms with Gasteiger partial charge in [-0.3, -0.25) is 0 Å². The summed E-state index contributed by atoms with van der Waals surface area (Å²) in [5.74, 6) is -0.00372. The van der Waals surface area contributed by atoms with E-state index in [9.17, 15) is 13.2 Å². The molecule has 1 atom stereocenters. The van der Waals surface area contributed by atoms with E-state index in [2.05, 4.69) is 5.32 Å². The first-order chi connectivity index (χ1) is 7.50. The molecule has 0 saturated carbocycles. The smallest absolute Gasteiger partial charge is 0.396 e. The van der Waals surface area contributed by atoms with E-state index in [4.69, 9.17) is 5.11 Å². The van der Waals surface area contributed by atoms with Gasteiger partial charge < -0.3 is 10.4 Å². The van der Waals surface area contributed by atoms with Crippen molar-refractivity contribution < 1.29 is 18.3 Å². The summed E-state index contributed by atoms with van der Waals surface area (Å²) in [6, 6.07) is 3.68. The SMILES string of the molecule is OCC1CNc2ccc(C(F)(F)F)cc2C1. The summed E-state index contributed by atoms with van der Waals surface area (Å²) in [6.45, 7) is 0.595. The lowest BCUT2D eigenvalue weighted by Gasteiger charge is -2.25. The van der Waals surface area contributed by atoms with Gasteiger partial charge in [0, 0.05) is 24.8 Å². The van der Waals surface area contributed by atoms with Crippen molar-refractivity contribution in [3.63, 3.8) is 0 Å². The molecule has 0 bridgehead atoms. The van der Waals surface area contributed by atoms with Crippen LogP contribution >= 0.6 is 0 Å². The molecule has 1 aromatic carbocycles. The molecule has 0 aliphatic carbocycles. The van der Waals surface area contributed by atoms with Crippen LogP contribution in [0, 0.1) is 5.92 Å². The number of hydrogen-bond donors (Lipinski definition) is 2. The molecule has 0 radical (unpaired) electrons. The van der Waals surface area contributed by atoms with Crippen LogP contribution in [0.1, 0.15) is 11.1 Å². The molecule has 0 saturated heterocycles. The Kier molecular flexibility index (Phi) is 2.80. The van der Waals surface area contributed by atoms with Gasteiger partial charge in [0.2, 0.25) is 0 Å². The average Bonchev–Trinajstić information content (AvgIpc) is 2.26. The summed E-state index contributed by atoms with van der Waals surface area (Å²) in [5.41, 5.74) is 0.726. The first kappa shape index (κ1) is 11.3. The molecule has 2 rings (SSSR count). The molecule has 2 N–H and O–H groups in total. The van der Waals surface area contributed by atoms with Crippen LogP contribution in [0.2, 0.25) is 0 Å². The molecule has 0 amide bonds. The minimum Gasteiger partial charge on any atom is -0.396 e. The monoisotopic (exact) mass is 231 g/mol. The lowest BCUT2D eigenvalue weighted by atomic mass is 9.93. The minimum absolute atomic E-state index is 0.00372. The Morgan fingerprint density at radius 3 is 2.75 bits per heavy atom. The van der Waals surface area contributed by atoms with E-state index in [0.717, 1.165) is 17.8 Å². The van der Waals surface area contributed by atoms with Gasteiger partial charge in [-0.1, -0.05) is 0 Å². The molecule has 0 fully saturated rings. The van der Waals surface area contributed by atoms with Gasteiger partial charge in [0.25, 0.3) is 0 Å². The van der Waals surface area contributed by atoms with E-state index in [-0.39, 0.29) is 12.5 Å². The number of fused-ring (bicyclic) bond motifs is 1. The Bertz CT molecular complexity index is 389. The molecule has 5 heteroatoms. The van der Waals surface area contributed by atoms with Crippen LogP contribution < -0.4 is 5.32 Å². The quantitative estimate of drug-likeness (QED) is 0.777. The van der Waals surface area contributed by atoms with Gasteiger partial charge in [0.15, 0.2) is 0 Å². The Hall–Kier alpha value is -1.23. The van der Waals surface area contributed by atoms with Crippen LogP contribution in [-0.2, 0) is 12.6 Å². The number of aliphatic hydroxyl groups excluding tert-OH is 1. The zero-order valence-electron chi connectivity index (χ0n) is 8.51. The second kappa shape index (κ2) is 3.97. The van der Waals surface area contributed by atoms with Crippen LogP contribution in [0.5, 0.6) is 0 Å². The van der Waals surface area contributed by atoms with Gasteiger partial charge in [0.05, 0.1) is 5.56 Å². The van der Waals surface area contributed by atoms with Crippen molar-refractivity contribution >= 4 is 5.69 Å². The van der Waals surface area contributed by atoms with Crippen LogP contribution in [-0.4, -0.2) is 18.3 Å². The number of hydrogen-bond acceptors (Lipinski definition) is 2. The highest BCUT2D eigenvalue weighted by Crippen LogP contribution is 2.33. The summed E-state index contributed by atoms with van der Waals surface area (Å²) in [7, 11) is 0. The molecular formula is C11H12F3NO. The maximum Gasteiger partial charge on any atom is 0.416 e. The highest BCUT2D eigenvalue weighted by molar-refractivity contribution is 5.55. The number of aliphatic hydroxyl groups is 1. The highest BCUT2D eigenvalue weighted by Gasteiger charge is 2.31. The third-order valence-corrected chi connectivity index (χ3v) is 2.78. The fraction of sp³-hybridized carbons (Fsp3) is 0.455. The Labute approximate surface area is 91.1 Å². The van der Waals surface area contributed by atoms with Crippen molar-refractivity contribution in [2.75, 3.05) is 18.5 Å². The van der Waals surface area contributed by atoms with Crippen LogP contribution in [0.25, 0.3) is 0 Å². The van der Waals surface area contributed by atoms with E-state index in [1.807, 2.05) is 0 Å². The number of rotatable bonds is 1. The fourth-order valence-corrected chi connectivity index (χ4v) is 1.88. The molecule has 0 aromatic heterocycles. The summed E-state index contributed by atoms with van der Waals surface area (Å²) in [6.07, 6.45) is -3.82. The number of nitrogens with one attached hydrogen (secondary N) is 1. The summed E-state index contributed by atoms with van der Waals surface area (Å²) < 4.78 is 37.4. The van der Waals surface area contributed by atoms with Crippen molar-refractivity contribution in [2.24, 2.45) is 5.92 Å². The third-order valence-electron chi connectivity index (χ3n) is 2.78. The average molecular weight is 231 g/mol. The Balaban J connectivity index is 2.31. The van der Waals surface area contributed by atoms with Gasteiger partial charge in [-0.05, 0) is 30.2 Å². The second-order valence-corrected chi connectivity index (χ2v) is 4.00. The molecule has 1 aliphatic heterocycles. The minimum atomic E-state index is -4.30. The number of halogens is 3. The van der Waals surface area contributed by atoms with Gasteiger partial charge in [-0.15, -0.1) is 0 Å². The van der Waals surface area contributed by atoms with Gasteiger partial charge in [-0.2, -0.15) is 13.2 Å². The second-order valence-electron chi connectivity index (χ2n) is 4.00. The number of benzene rings is 1. The molecule has 1 heterocycles. The molecule has 16 heavy (non-hydrogen) atoms. The number of alkyl halides is 3. The molecule has 0 spiro atoms. The Morgan fingerprint density at radius 2 is 2.12 bits per heavy atom. The highest BCUT2D eigenvalue weighted by atomic mass is 19.4. The predicted octanol–water partition coefficient (Wildman–Crippen LogP) is 2.28. The maximum atomic E-state index is 12.5. The molecule has 88 valence electrons. The summed E-state index contributed by atoms with van der Waals surface area (Å²) in [4.78, 5) is 0. The zero-order valence-corrected chi connectivity index (χ0v) is 8.51. The topological polar surface area (TPSA) is 32.3 Å². The van der Waals surface area contributed by atoms with Crippen LogP contribution in [0.15, 0.2) is 18.2 Å². The standard InChI is InChI=1S/C11H12F3NO/c12-11(13,14)9-1-2-10-8(4-9)3-7(6-16)5-15-10/h1-2,4,7,15-16H,3,5-6H2. The van der Waals surface area contributed by atoms with E-state index < -0.39 is 11.7 Å². The number of anilines is 1. The van der Waals surface area contributed by atoms with Crippen molar-refractivity contribution in [3.8, 4) is 0 Å². The van der Waals surface area contributed by atoms with Crippen molar-refractivity contribution in [3.05, 3.63) is 29.3 Å². The normalized spacial score (nSPS) is 20.1. The van der Waals surface area contributed by atoms with Gasteiger partial charge >= 0.3 is 6.18 Å². The summed E-state index contributed by atoms with van der Waals surface area (Å²) in [5, 5.41) is 12.0. The molecule has 1 unspecified atom stereocenters. The Morgan fingerprint density at radius 1 is 1.38 bits per heavy atom.